The molecule has 0 N–H and O–H groups in total. The molecule has 1 rings (SSSR count). The van der Waals surface area contributed by atoms with E-state index in [2.05, 4.69) is 15.9 Å². The molecule has 0 aromatic rings. The molecule has 0 aromatic carbocycles. The zero-order valence-corrected chi connectivity index (χ0v) is 11.3. The van der Waals surface area contributed by atoms with Gasteiger partial charge in [0.25, 0.3) is 0 Å². The van der Waals surface area contributed by atoms with Crippen molar-refractivity contribution in [2.24, 2.45) is 5.92 Å². The highest BCUT2D eigenvalue weighted by molar-refractivity contribution is 9.09. The van der Waals surface area contributed by atoms with Crippen molar-refractivity contribution in [2.45, 2.75) is 44.6 Å². The average molecular weight is 298 g/mol. The standard InChI is InChI=1S/C11H18BrF2NO/c1-8(7-12)15(2)10(16)9-3-5-11(13,14)6-4-9/h8-9H,3-7H2,1-2H3. The fourth-order valence-corrected chi connectivity index (χ4v) is 2.33. The lowest BCUT2D eigenvalue weighted by Gasteiger charge is -2.32. The van der Waals surface area contributed by atoms with E-state index < -0.39 is 5.92 Å². The molecule has 0 saturated heterocycles. The number of alkyl halides is 3. The van der Waals surface area contributed by atoms with Gasteiger partial charge in [-0.3, -0.25) is 4.79 Å². The molecule has 0 aromatic heterocycles. The Morgan fingerprint density at radius 2 is 2.00 bits per heavy atom. The smallest absolute Gasteiger partial charge is 0.248 e. The summed E-state index contributed by atoms with van der Waals surface area (Å²) < 4.78 is 25.9. The second-order valence-electron chi connectivity index (χ2n) is 4.58. The monoisotopic (exact) mass is 297 g/mol. The maximum absolute atomic E-state index is 12.9. The first kappa shape index (κ1) is 13.9. The molecule has 0 radical (unpaired) electrons. The predicted octanol–water partition coefficient (Wildman–Crippen LogP) is 3.05. The minimum atomic E-state index is -2.56. The van der Waals surface area contributed by atoms with Crippen LogP contribution in [0, 0.1) is 5.92 Å². The maximum atomic E-state index is 12.9. The van der Waals surface area contributed by atoms with Crippen molar-refractivity contribution in [3.63, 3.8) is 0 Å². The molecule has 1 fully saturated rings. The van der Waals surface area contributed by atoms with Crippen molar-refractivity contribution >= 4 is 21.8 Å². The van der Waals surface area contributed by atoms with E-state index in [1.165, 1.54) is 0 Å². The summed E-state index contributed by atoms with van der Waals surface area (Å²) in [4.78, 5) is 13.6. The van der Waals surface area contributed by atoms with Crippen LogP contribution in [0.4, 0.5) is 8.78 Å². The van der Waals surface area contributed by atoms with E-state index in [4.69, 9.17) is 0 Å². The van der Waals surface area contributed by atoms with E-state index in [1.54, 1.807) is 11.9 Å². The van der Waals surface area contributed by atoms with Gasteiger partial charge in [-0.2, -0.15) is 0 Å². The molecule has 1 atom stereocenters. The fraction of sp³-hybridized carbons (Fsp3) is 0.909. The van der Waals surface area contributed by atoms with E-state index >= 15 is 0 Å². The Hall–Kier alpha value is -0.190. The summed E-state index contributed by atoms with van der Waals surface area (Å²) in [5, 5.41) is 0.706. The average Bonchev–Trinajstić information content (AvgIpc) is 2.26. The van der Waals surface area contributed by atoms with Gasteiger partial charge >= 0.3 is 0 Å². The normalized spacial score (nSPS) is 22.8. The van der Waals surface area contributed by atoms with Crippen LogP contribution in [0.3, 0.4) is 0 Å². The van der Waals surface area contributed by atoms with Crippen LogP contribution in [-0.2, 0) is 4.79 Å². The van der Waals surface area contributed by atoms with Crippen molar-refractivity contribution in [1.82, 2.24) is 4.90 Å². The van der Waals surface area contributed by atoms with Crippen LogP contribution in [0.5, 0.6) is 0 Å². The Labute approximate surface area is 104 Å². The zero-order chi connectivity index (χ0) is 12.3. The summed E-state index contributed by atoms with van der Waals surface area (Å²) >= 11 is 3.31. The van der Waals surface area contributed by atoms with Gasteiger partial charge in [-0.15, -0.1) is 0 Å². The molecule has 1 amide bonds. The van der Waals surface area contributed by atoms with Crippen molar-refractivity contribution in [3.8, 4) is 0 Å². The van der Waals surface area contributed by atoms with E-state index in [-0.39, 0.29) is 30.7 Å². The molecule has 5 heteroatoms. The number of nitrogens with zero attached hydrogens (tertiary/aromatic N) is 1. The van der Waals surface area contributed by atoms with Crippen LogP contribution in [0.1, 0.15) is 32.6 Å². The van der Waals surface area contributed by atoms with E-state index in [0.717, 1.165) is 0 Å². The van der Waals surface area contributed by atoms with Crippen LogP contribution in [0.25, 0.3) is 0 Å². The van der Waals surface area contributed by atoms with Gasteiger partial charge in [0.2, 0.25) is 11.8 Å². The van der Waals surface area contributed by atoms with Gasteiger partial charge in [0.15, 0.2) is 0 Å². The molecule has 0 spiro atoms. The predicted molar refractivity (Wildman–Crippen MR) is 62.9 cm³/mol. The molecular formula is C11H18BrF2NO. The van der Waals surface area contributed by atoms with Crippen LogP contribution < -0.4 is 0 Å². The molecule has 1 aliphatic rings. The Kier molecular flexibility index (Phi) is 4.71. The summed E-state index contributed by atoms with van der Waals surface area (Å²) in [5.74, 6) is -2.77. The van der Waals surface area contributed by atoms with Crippen molar-refractivity contribution in [2.75, 3.05) is 12.4 Å². The first-order valence-corrected chi connectivity index (χ1v) is 6.70. The first-order valence-electron chi connectivity index (χ1n) is 5.58. The van der Waals surface area contributed by atoms with Gasteiger partial charge in [-0.1, -0.05) is 15.9 Å². The fourth-order valence-electron chi connectivity index (χ4n) is 1.90. The van der Waals surface area contributed by atoms with Crippen LogP contribution in [0.15, 0.2) is 0 Å². The van der Waals surface area contributed by atoms with Gasteiger partial charge in [0.05, 0.1) is 0 Å². The zero-order valence-electron chi connectivity index (χ0n) is 9.68. The van der Waals surface area contributed by atoms with Crippen LogP contribution >= 0.6 is 15.9 Å². The Bertz CT molecular complexity index is 250. The summed E-state index contributed by atoms with van der Waals surface area (Å²) in [5.41, 5.74) is 0. The molecule has 0 aliphatic heterocycles. The number of amides is 1. The molecule has 16 heavy (non-hydrogen) atoms. The number of rotatable bonds is 3. The lowest BCUT2D eigenvalue weighted by molar-refractivity contribution is -0.139. The van der Waals surface area contributed by atoms with E-state index in [1.807, 2.05) is 6.92 Å². The molecule has 94 valence electrons. The van der Waals surface area contributed by atoms with Crippen molar-refractivity contribution < 1.29 is 13.6 Å². The first-order chi connectivity index (χ1) is 7.37. The van der Waals surface area contributed by atoms with Gasteiger partial charge in [-0.05, 0) is 19.8 Å². The van der Waals surface area contributed by atoms with E-state index in [9.17, 15) is 13.6 Å². The number of carbonyl (C=O) groups is 1. The molecule has 1 saturated carbocycles. The highest BCUT2D eigenvalue weighted by Crippen LogP contribution is 2.36. The molecule has 2 nitrogen and oxygen atoms in total. The van der Waals surface area contributed by atoms with Gasteiger partial charge in [0.1, 0.15) is 0 Å². The number of carbonyl (C=O) groups excluding carboxylic acids is 1. The highest BCUT2D eigenvalue weighted by atomic mass is 79.9. The largest absolute Gasteiger partial charge is 0.342 e. The quantitative estimate of drug-likeness (QED) is 0.733. The highest BCUT2D eigenvalue weighted by Gasteiger charge is 2.38. The minimum Gasteiger partial charge on any atom is -0.342 e. The SMILES string of the molecule is CC(CBr)N(C)C(=O)C1CCC(F)(F)CC1. The lowest BCUT2D eigenvalue weighted by Crippen LogP contribution is -2.42. The van der Waals surface area contributed by atoms with Crippen molar-refractivity contribution in [1.29, 1.82) is 0 Å². The van der Waals surface area contributed by atoms with Crippen LogP contribution in [-0.4, -0.2) is 35.1 Å². The summed E-state index contributed by atoms with van der Waals surface area (Å²) in [7, 11) is 1.74. The Morgan fingerprint density at radius 3 is 2.44 bits per heavy atom. The summed E-state index contributed by atoms with van der Waals surface area (Å²) in [6.45, 7) is 1.93. The number of halogens is 3. The summed E-state index contributed by atoms with van der Waals surface area (Å²) in [6.07, 6.45) is 0.316. The second kappa shape index (κ2) is 5.43. The molecule has 0 heterocycles. The topological polar surface area (TPSA) is 20.3 Å². The summed E-state index contributed by atoms with van der Waals surface area (Å²) in [6, 6.07) is 0.106. The maximum Gasteiger partial charge on any atom is 0.248 e. The minimum absolute atomic E-state index is 0.00227. The lowest BCUT2D eigenvalue weighted by atomic mass is 9.86. The molecular weight excluding hydrogens is 280 g/mol. The molecule has 1 aliphatic carbocycles. The third kappa shape index (κ3) is 3.40. The van der Waals surface area contributed by atoms with Crippen molar-refractivity contribution in [3.05, 3.63) is 0 Å². The van der Waals surface area contributed by atoms with Gasteiger partial charge < -0.3 is 4.90 Å². The van der Waals surface area contributed by atoms with E-state index in [0.29, 0.717) is 18.2 Å². The number of hydrogen-bond acceptors (Lipinski definition) is 1. The third-order valence-corrected chi connectivity index (χ3v) is 4.24. The number of hydrogen-bond donors (Lipinski definition) is 0. The Morgan fingerprint density at radius 1 is 1.50 bits per heavy atom. The Balaban J connectivity index is 2.50. The molecule has 1 unspecified atom stereocenters. The molecule has 0 bridgehead atoms. The third-order valence-electron chi connectivity index (χ3n) is 3.30. The second-order valence-corrected chi connectivity index (χ2v) is 5.23. The van der Waals surface area contributed by atoms with Gasteiger partial charge in [-0.25, -0.2) is 8.78 Å². The van der Waals surface area contributed by atoms with Gasteiger partial charge in [0, 0.05) is 37.2 Å². The van der Waals surface area contributed by atoms with Crippen LogP contribution in [0.2, 0.25) is 0 Å².